The monoisotopic (exact) mass is 252 g/mol. The summed E-state index contributed by atoms with van der Waals surface area (Å²) in [4.78, 5) is 5.47. The molecule has 2 rings (SSSR count). The van der Waals surface area contributed by atoms with Crippen LogP contribution >= 0.6 is 0 Å². The van der Waals surface area contributed by atoms with E-state index in [0.29, 0.717) is 11.1 Å². The van der Waals surface area contributed by atoms with Crippen LogP contribution in [-0.4, -0.2) is 46.6 Å². The summed E-state index contributed by atoms with van der Waals surface area (Å²) in [5.41, 5.74) is 0.646. The summed E-state index contributed by atoms with van der Waals surface area (Å²) in [5, 5.41) is 0. The minimum absolute atomic E-state index is 0.293. The van der Waals surface area contributed by atoms with Crippen LogP contribution in [0.5, 0.6) is 0 Å². The van der Waals surface area contributed by atoms with Crippen molar-refractivity contribution in [3.8, 4) is 0 Å². The van der Waals surface area contributed by atoms with E-state index in [1.807, 2.05) is 0 Å². The Bertz CT molecular complexity index is 282. The van der Waals surface area contributed by atoms with Crippen molar-refractivity contribution in [3.05, 3.63) is 0 Å². The van der Waals surface area contributed by atoms with Gasteiger partial charge in [-0.05, 0) is 72.9 Å². The smallest absolute Gasteiger partial charge is 0.0240 e. The second-order valence-electron chi connectivity index (χ2n) is 8.17. The first-order valence-corrected chi connectivity index (χ1v) is 7.72. The maximum atomic E-state index is 2.76. The number of likely N-dealkylation sites (tertiary alicyclic amines) is 2. The molecule has 2 heterocycles. The van der Waals surface area contributed by atoms with Gasteiger partial charge in [0.2, 0.25) is 0 Å². The van der Waals surface area contributed by atoms with Crippen molar-refractivity contribution in [1.82, 2.24) is 9.80 Å². The highest BCUT2D eigenvalue weighted by molar-refractivity contribution is 5.02. The highest BCUT2D eigenvalue weighted by atomic mass is 15.3. The molecule has 2 aliphatic heterocycles. The van der Waals surface area contributed by atoms with E-state index >= 15 is 0 Å². The zero-order valence-corrected chi connectivity index (χ0v) is 13.3. The molecule has 0 N–H and O–H groups in total. The molecular formula is C16H32N2. The fourth-order valence-corrected chi connectivity index (χ4v) is 4.03. The van der Waals surface area contributed by atoms with Gasteiger partial charge in [-0.1, -0.05) is 6.92 Å². The van der Waals surface area contributed by atoms with Gasteiger partial charge in [0.15, 0.2) is 0 Å². The highest BCUT2D eigenvalue weighted by Gasteiger charge is 2.45. The molecule has 0 bridgehead atoms. The second-order valence-corrected chi connectivity index (χ2v) is 8.17. The molecule has 2 aliphatic rings. The van der Waals surface area contributed by atoms with Gasteiger partial charge in [-0.15, -0.1) is 0 Å². The lowest BCUT2D eigenvalue weighted by Crippen LogP contribution is -2.50. The van der Waals surface area contributed by atoms with E-state index in [2.05, 4.69) is 51.3 Å². The topological polar surface area (TPSA) is 6.48 Å². The molecule has 0 radical (unpaired) electrons. The van der Waals surface area contributed by atoms with Crippen LogP contribution in [0.1, 0.15) is 60.8 Å². The Morgan fingerprint density at radius 2 is 1.61 bits per heavy atom. The molecule has 18 heavy (non-hydrogen) atoms. The standard InChI is InChI=1S/C16H32N2/c1-13-7-9-17(10-8-13)14-11-16(5,6)18(12-14)15(2,3)4/h13-14H,7-12H2,1-6H3. The minimum atomic E-state index is 0.293. The van der Waals surface area contributed by atoms with Crippen LogP contribution in [-0.2, 0) is 0 Å². The Morgan fingerprint density at radius 1 is 1.06 bits per heavy atom. The first kappa shape index (κ1) is 14.3. The largest absolute Gasteiger partial charge is 0.299 e. The van der Waals surface area contributed by atoms with Crippen molar-refractivity contribution in [2.75, 3.05) is 19.6 Å². The molecule has 0 saturated carbocycles. The quantitative estimate of drug-likeness (QED) is 0.706. The molecule has 0 aliphatic carbocycles. The third-order valence-corrected chi connectivity index (χ3v) is 5.00. The van der Waals surface area contributed by atoms with E-state index in [-0.39, 0.29) is 0 Å². The SMILES string of the molecule is CC1CCN(C2CN(C(C)(C)C)C(C)(C)C2)CC1. The van der Waals surface area contributed by atoms with Gasteiger partial charge in [0.25, 0.3) is 0 Å². The summed E-state index contributed by atoms with van der Waals surface area (Å²) in [6.45, 7) is 18.2. The third kappa shape index (κ3) is 2.91. The van der Waals surface area contributed by atoms with Gasteiger partial charge in [0.1, 0.15) is 0 Å². The lowest BCUT2D eigenvalue weighted by atomic mass is 9.94. The zero-order chi connectivity index (χ0) is 13.6. The Balaban J connectivity index is 2.01. The molecule has 2 fully saturated rings. The van der Waals surface area contributed by atoms with Crippen LogP contribution in [0, 0.1) is 5.92 Å². The number of nitrogens with zero attached hydrogens (tertiary/aromatic N) is 2. The molecule has 0 aromatic carbocycles. The zero-order valence-electron chi connectivity index (χ0n) is 13.3. The summed E-state index contributed by atoms with van der Waals surface area (Å²) >= 11 is 0. The highest BCUT2D eigenvalue weighted by Crippen LogP contribution is 2.37. The Morgan fingerprint density at radius 3 is 2.06 bits per heavy atom. The maximum Gasteiger partial charge on any atom is 0.0240 e. The first-order chi connectivity index (χ1) is 8.20. The summed E-state index contributed by atoms with van der Waals surface area (Å²) < 4.78 is 0. The minimum Gasteiger partial charge on any atom is -0.299 e. The normalized spacial score (nSPS) is 32.0. The maximum absolute atomic E-state index is 2.76. The lowest BCUT2D eigenvalue weighted by Gasteiger charge is -2.42. The molecule has 106 valence electrons. The van der Waals surface area contributed by atoms with E-state index < -0.39 is 0 Å². The molecular weight excluding hydrogens is 220 g/mol. The average molecular weight is 252 g/mol. The molecule has 1 atom stereocenters. The van der Waals surface area contributed by atoms with Gasteiger partial charge < -0.3 is 0 Å². The molecule has 0 amide bonds. The van der Waals surface area contributed by atoms with Gasteiger partial charge in [0.05, 0.1) is 0 Å². The van der Waals surface area contributed by atoms with Gasteiger partial charge >= 0.3 is 0 Å². The predicted octanol–water partition coefficient (Wildman–Crippen LogP) is 3.37. The van der Waals surface area contributed by atoms with E-state index in [1.54, 1.807) is 0 Å². The van der Waals surface area contributed by atoms with Crippen molar-refractivity contribution in [2.24, 2.45) is 5.92 Å². The molecule has 2 saturated heterocycles. The molecule has 2 heteroatoms. The lowest BCUT2D eigenvalue weighted by molar-refractivity contribution is 0.0637. The fourth-order valence-electron chi connectivity index (χ4n) is 4.03. The molecule has 0 aromatic heterocycles. The van der Waals surface area contributed by atoms with Crippen molar-refractivity contribution >= 4 is 0 Å². The van der Waals surface area contributed by atoms with Crippen molar-refractivity contribution in [1.29, 1.82) is 0 Å². The summed E-state index contributed by atoms with van der Waals surface area (Å²) in [5.74, 6) is 0.939. The molecule has 2 nitrogen and oxygen atoms in total. The van der Waals surface area contributed by atoms with Crippen molar-refractivity contribution < 1.29 is 0 Å². The van der Waals surface area contributed by atoms with Gasteiger partial charge in [-0.2, -0.15) is 0 Å². The van der Waals surface area contributed by atoms with Gasteiger partial charge in [-0.25, -0.2) is 0 Å². The predicted molar refractivity (Wildman–Crippen MR) is 78.9 cm³/mol. The summed E-state index contributed by atoms with van der Waals surface area (Å²) in [6.07, 6.45) is 4.12. The number of hydrogen-bond acceptors (Lipinski definition) is 2. The fraction of sp³-hybridized carbons (Fsp3) is 1.00. The van der Waals surface area contributed by atoms with Gasteiger partial charge in [-0.3, -0.25) is 9.80 Å². The van der Waals surface area contributed by atoms with Crippen molar-refractivity contribution in [3.63, 3.8) is 0 Å². The van der Waals surface area contributed by atoms with Crippen LogP contribution in [0.25, 0.3) is 0 Å². The third-order valence-electron chi connectivity index (χ3n) is 5.00. The van der Waals surface area contributed by atoms with E-state index in [9.17, 15) is 0 Å². The number of rotatable bonds is 1. The second kappa shape index (κ2) is 4.79. The van der Waals surface area contributed by atoms with E-state index in [1.165, 1.54) is 38.9 Å². The number of hydrogen-bond donors (Lipinski definition) is 0. The number of piperidine rings is 1. The average Bonchev–Trinajstić information content (AvgIpc) is 2.55. The van der Waals surface area contributed by atoms with E-state index in [4.69, 9.17) is 0 Å². The summed E-state index contributed by atoms with van der Waals surface area (Å²) in [7, 11) is 0. The van der Waals surface area contributed by atoms with Crippen LogP contribution in [0.2, 0.25) is 0 Å². The van der Waals surface area contributed by atoms with Crippen molar-refractivity contribution in [2.45, 2.75) is 77.9 Å². The van der Waals surface area contributed by atoms with Gasteiger partial charge in [0, 0.05) is 23.7 Å². The molecule has 0 aromatic rings. The van der Waals surface area contributed by atoms with E-state index in [0.717, 1.165) is 12.0 Å². The van der Waals surface area contributed by atoms with Crippen LogP contribution in [0.4, 0.5) is 0 Å². The molecule has 1 unspecified atom stereocenters. The summed E-state index contributed by atoms with van der Waals surface area (Å²) in [6, 6.07) is 0.784. The van der Waals surface area contributed by atoms with Crippen LogP contribution < -0.4 is 0 Å². The Hall–Kier alpha value is -0.0800. The molecule has 0 spiro atoms. The van der Waals surface area contributed by atoms with Crippen LogP contribution in [0.3, 0.4) is 0 Å². The first-order valence-electron chi connectivity index (χ1n) is 7.72. The Labute approximate surface area is 114 Å². The Kier molecular flexibility index (Phi) is 3.81. The van der Waals surface area contributed by atoms with Crippen LogP contribution in [0.15, 0.2) is 0 Å².